The largest absolute Gasteiger partial charge is 0.525 e. The lowest BCUT2D eigenvalue weighted by Gasteiger charge is -2.32. The van der Waals surface area contributed by atoms with Crippen LogP contribution in [0.25, 0.3) is 17.4 Å². The fourth-order valence-corrected chi connectivity index (χ4v) is 3.07. The van der Waals surface area contributed by atoms with Gasteiger partial charge in [-0.25, -0.2) is 17.9 Å². The van der Waals surface area contributed by atoms with Crippen LogP contribution < -0.4 is 5.14 Å². The van der Waals surface area contributed by atoms with Crippen molar-refractivity contribution >= 4 is 23.2 Å². The van der Waals surface area contributed by atoms with Crippen LogP contribution in [0.15, 0.2) is 51.4 Å². The van der Waals surface area contributed by atoms with Gasteiger partial charge in [-0.05, 0) is 64.1 Å². The Balaban J connectivity index is 1.79. The van der Waals surface area contributed by atoms with Gasteiger partial charge in [-0.15, -0.1) is 0 Å². The fraction of sp³-hybridized carbons (Fsp3) is 0.333. The lowest BCUT2D eigenvalue weighted by Crippen LogP contribution is -2.41. The van der Waals surface area contributed by atoms with Crippen molar-refractivity contribution in [3.05, 3.63) is 47.9 Å². The molecule has 2 heterocycles. The van der Waals surface area contributed by atoms with Crippen LogP contribution in [0.4, 0.5) is 4.39 Å². The zero-order valence-electron chi connectivity index (χ0n) is 15.5. The minimum absolute atomic E-state index is 0.00438. The van der Waals surface area contributed by atoms with E-state index in [9.17, 15) is 12.8 Å². The van der Waals surface area contributed by atoms with Crippen molar-refractivity contribution in [2.24, 2.45) is 5.14 Å². The van der Waals surface area contributed by atoms with Crippen LogP contribution >= 0.6 is 0 Å². The Bertz CT molecular complexity index is 963. The molecule has 144 valence electrons. The number of halogens is 1. The molecule has 2 aromatic rings. The summed E-state index contributed by atoms with van der Waals surface area (Å²) in [5.74, 6) is 0.747. The molecule has 1 fully saturated rings. The molecule has 0 unspecified atom stereocenters. The van der Waals surface area contributed by atoms with Gasteiger partial charge in [0.25, 0.3) is 0 Å². The number of hydrogen-bond acceptors (Lipinski definition) is 5. The molecule has 1 aliphatic rings. The van der Waals surface area contributed by atoms with Crippen LogP contribution in [-0.4, -0.2) is 26.7 Å². The second kappa shape index (κ2) is 6.59. The van der Waals surface area contributed by atoms with Crippen molar-refractivity contribution in [2.75, 3.05) is 0 Å². The van der Waals surface area contributed by atoms with Gasteiger partial charge in [0.2, 0.25) is 10.0 Å². The number of benzene rings is 1. The molecule has 0 aliphatic carbocycles. The van der Waals surface area contributed by atoms with Crippen LogP contribution in [0.1, 0.15) is 33.5 Å². The maximum atomic E-state index is 14.5. The zero-order chi connectivity index (χ0) is 20.0. The summed E-state index contributed by atoms with van der Waals surface area (Å²) in [6.07, 6.45) is 1.21. The fourth-order valence-electron chi connectivity index (χ4n) is 2.55. The summed E-state index contributed by atoms with van der Waals surface area (Å²) in [6, 6.07) is 9.16. The summed E-state index contributed by atoms with van der Waals surface area (Å²) in [7, 11) is -4.86. The predicted octanol–water partition coefficient (Wildman–Crippen LogP) is 3.54. The van der Waals surface area contributed by atoms with E-state index < -0.39 is 34.1 Å². The molecule has 1 aliphatic heterocycles. The van der Waals surface area contributed by atoms with Gasteiger partial charge >= 0.3 is 7.12 Å². The maximum Gasteiger partial charge on any atom is 0.525 e. The van der Waals surface area contributed by atoms with Crippen molar-refractivity contribution < 1.29 is 26.5 Å². The summed E-state index contributed by atoms with van der Waals surface area (Å²) >= 11 is 0. The lowest BCUT2D eigenvalue weighted by atomic mass is 9.87. The smallest absolute Gasteiger partial charge is 0.457 e. The van der Waals surface area contributed by atoms with Gasteiger partial charge < -0.3 is 13.7 Å². The Morgan fingerprint density at radius 1 is 1.04 bits per heavy atom. The molecule has 1 aromatic carbocycles. The molecular formula is C18H21BFNO5S. The number of furan rings is 1. The van der Waals surface area contributed by atoms with E-state index >= 15 is 0 Å². The minimum Gasteiger partial charge on any atom is -0.457 e. The molecule has 0 bridgehead atoms. The topological polar surface area (TPSA) is 91.8 Å². The third kappa shape index (κ3) is 4.01. The van der Waals surface area contributed by atoms with Gasteiger partial charge in [-0.1, -0.05) is 0 Å². The molecule has 1 aromatic heterocycles. The summed E-state index contributed by atoms with van der Waals surface area (Å²) in [5.41, 5.74) is -1.23. The lowest BCUT2D eigenvalue weighted by molar-refractivity contribution is 0.00578. The van der Waals surface area contributed by atoms with Crippen LogP contribution in [0, 0.1) is 0 Å². The van der Waals surface area contributed by atoms with Crippen LogP contribution in [0.5, 0.6) is 0 Å². The second-order valence-corrected chi connectivity index (χ2v) is 8.95. The van der Waals surface area contributed by atoms with Gasteiger partial charge in [0.1, 0.15) is 17.2 Å². The van der Waals surface area contributed by atoms with Gasteiger partial charge in [0.15, 0.2) is 0 Å². The molecule has 27 heavy (non-hydrogen) atoms. The van der Waals surface area contributed by atoms with Gasteiger partial charge in [0.05, 0.1) is 16.1 Å². The molecule has 0 radical (unpaired) electrons. The van der Waals surface area contributed by atoms with Crippen LogP contribution in [0.3, 0.4) is 0 Å². The molecule has 9 heteroatoms. The van der Waals surface area contributed by atoms with Crippen molar-refractivity contribution in [1.82, 2.24) is 0 Å². The van der Waals surface area contributed by atoms with E-state index in [0.717, 1.165) is 0 Å². The van der Waals surface area contributed by atoms with Gasteiger partial charge in [-0.2, -0.15) is 0 Å². The molecule has 0 amide bonds. The predicted molar refractivity (Wildman–Crippen MR) is 101 cm³/mol. The number of primary sulfonamides is 1. The molecule has 6 nitrogen and oxygen atoms in total. The number of nitrogens with two attached hydrogens (primary N) is 1. The Morgan fingerprint density at radius 3 is 2.11 bits per heavy atom. The van der Waals surface area contributed by atoms with Crippen LogP contribution in [-0.2, 0) is 19.3 Å². The first kappa shape index (κ1) is 19.8. The van der Waals surface area contributed by atoms with E-state index in [1.54, 1.807) is 24.3 Å². The van der Waals surface area contributed by atoms with E-state index in [-0.39, 0.29) is 10.7 Å². The summed E-state index contributed by atoms with van der Waals surface area (Å²) in [6.45, 7) is 7.37. The first-order valence-corrected chi connectivity index (χ1v) is 9.89. The monoisotopic (exact) mass is 393 g/mol. The molecule has 0 saturated carbocycles. The highest BCUT2D eigenvalue weighted by Gasteiger charge is 2.53. The molecular weight excluding hydrogens is 372 g/mol. The van der Waals surface area contributed by atoms with Crippen molar-refractivity contribution in [3.63, 3.8) is 0 Å². The van der Waals surface area contributed by atoms with E-state index in [0.29, 0.717) is 11.3 Å². The van der Waals surface area contributed by atoms with E-state index in [4.69, 9.17) is 18.9 Å². The minimum atomic E-state index is -3.76. The average Bonchev–Trinajstić information content (AvgIpc) is 3.09. The van der Waals surface area contributed by atoms with Crippen molar-refractivity contribution in [1.29, 1.82) is 0 Å². The van der Waals surface area contributed by atoms with E-state index in [1.807, 2.05) is 27.7 Å². The van der Waals surface area contributed by atoms with Crippen molar-refractivity contribution in [3.8, 4) is 11.3 Å². The average molecular weight is 393 g/mol. The Morgan fingerprint density at radius 2 is 1.59 bits per heavy atom. The van der Waals surface area contributed by atoms with E-state index in [2.05, 4.69) is 0 Å². The van der Waals surface area contributed by atoms with Crippen LogP contribution in [0.2, 0.25) is 0 Å². The van der Waals surface area contributed by atoms with E-state index in [1.165, 1.54) is 18.2 Å². The maximum absolute atomic E-state index is 14.5. The molecule has 0 spiro atoms. The molecule has 3 rings (SSSR count). The molecule has 1 saturated heterocycles. The Labute approximate surface area is 158 Å². The zero-order valence-corrected chi connectivity index (χ0v) is 16.3. The third-order valence-electron chi connectivity index (χ3n) is 4.85. The Hall–Kier alpha value is -1.94. The SMILES string of the molecule is CC1(C)OB(C(F)=Cc2ccc(-c3ccc(S(N)(=O)=O)cc3)o2)OC1(C)C. The second-order valence-electron chi connectivity index (χ2n) is 7.39. The van der Waals surface area contributed by atoms with Gasteiger partial charge in [-0.3, -0.25) is 0 Å². The normalized spacial score (nSPS) is 19.5. The standard InChI is InChI=1S/C18H21BFNO5S/c1-17(2)18(3,4)26-19(25-17)16(20)11-13-7-10-15(24-13)12-5-8-14(9-6-12)27(21,22)23/h5-11H,1-4H3,(H2,21,22,23). The summed E-state index contributed by atoms with van der Waals surface area (Å²) in [5, 5.41) is 5.08. The number of sulfonamides is 1. The quantitative estimate of drug-likeness (QED) is 0.803. The molecule has 0 atom stereocenters. The molecule has 2 N–H and O–H groups in total. The number of hydrogen-bond donors (Lipinski definition) is 1. The first-order chi connectivity index (χ1) is 12.4. The van der Waals surface area contributed by atoms with Crippen molar-refractivity contribution in [2.45, 2.75) is 43.8 Å². The Kier molecular flexibility index (Phi) is 4.84. The summed E-state index contributed by atoms with van der Waals surface area (Å²) in [4.78, 5) is 0.00438. The van der Waals surface area contributed by atoms with Gasteiger partial charge in [0, 0.05) is 11.6 Å². The highest BCUT2D eigenvalue weighted by molar-refractivity contribution is 7.89. The highest BCUT2D eigenvalue weighted by Crippen LogP contribution is 2.39. The highest BCUT2D eigenvalue weighted by atomic mass is 32.2. The summed E-state index contributed by atoms with van der Waals surface area (Å²) < 4.78 is 54.1. The first-order valence-electron chi connectivity index (χ1n) is 8.35. The number of rotatable bonds is 4. The third-order valence-corrected chi connectivity index (χ3v) is 5.78.